The van der Waals surface area contributed by atoms with Crippen LogP contribution in [-0.4, -0.2) is 21.3 Å². The number of carbonyl (C=O) groups is 1. The van der Waals surface area contributed by atoms with Gasteiger partial charge in [0.1, 0.15) is 0 Å². The number of hydrogen-bond donors (Lipinski definition) is 1. The Morgan fingerprint density at radius 3 is 2.24 bits per heavy atom. The van der Waals surface area contributed by atoms with Gasteiger partial charge < -0.3 is 9.52 Å². The number of nitrogens with zero attached hydrogens (tertiary/aromatic N) is 2. The fraction of sp³-hybridized carbons (Fsp3) is 0. The van der Waals surface area contributed by atoms with Gasteiger partial charge in [-0.25, -0.2) is 18.0 Å². The molecule has 0 fully saturated rings. The van der Waals surface area contributed by atoms with Gasteiger partial charge in [0.25, 0.3) is 0 Å². The molecule has 0 atom stereocenters. The van der Waals surface area contributed by atoms with Gasteiger partial charge in [-0.15, -0.1) is 10.2 Å². The highest BCUT2D eigenvalue weighted by atomic mass is 19.2. The first-order valence-corrected chi connectivity index (χ1v) is 4.20. The molecule has 0 saturated carbocycles. The summed E-state index contributed by atoms with van der Waals surface area (Å²) in [6, 6.07) is 1.25. The zero-order chi connectivity index (χ0) is 12.6. The Hall–Kier alpha value is -2.38. The van der Waals surface area contributed by atoms with Crippen molar-refractivity contribution in [2.45, 2.75) is 0 Å². The summed E-state index contributed by atoms with van der Waals surface area (Å²) in [5.74, 6) is -7.13. The van der Waals surface area contributed by atoms with Gasteiger partial charge in [0.2, 0.25) is 5.89 Å². The van der Waals surface area contributed by atoms with Crippen LogP contribution in [0.5, 0.6) is 0 Å². The maximum atomic E-state index is 12.9. The first-order valence-electron chi connectivity index (χ1n) is 4.20. The van der Waals surface area contributed by atoms with Crippen LogP contribution in [0.2, 0.25) is 0 Å². The number of carboxylic acid groups (broad SMARTS) is 1. The summed E-state index contributed by atoms with van der Waals surface area (Å²) < 4.78 is 43.0. The van der Waals surface area contributed by atoms with Gasteiger partial charge in [0.05, 0.1) is 0 Å². The second-order valence-electron chi connectivity index (χ2n) is 2.97. The molecule has 2 rings (SSSR count). The molecule has 0 saturated heterocycles. The molecule has 1 N–H and O–H groups in total. The quantitative estimate of drug-likeness (QED) is 0.816. The molecule has 5 nitrogen and oxygen atoms in total. The minimum Gasteiger partial charge on any atom is -0.474 e. The Balaban J connectivity index is 2.49. The summed E-state index contributed by atoms with van der Waals surface area (Å²) in [7, 11) is 0. The lowest BCUT2D eigenvalue weighted by Gasteiger charge is -1.98. The van der Waals surface area contributed by atoms with Crippen molar-refractivity contribution in [3.63, 3.8) is 0 Å². The third-order valence-electron chi connectivity index (χ3n) is 1.84. The van der Waals surface area contributed by atoms with Gasteiger partial charge in [-0.3, -0.25) is 0 Å². The second-order valence-corrected chi connectivity index (χ2v) is 2.97. The molecule has 2 aromatic rings. The van der Waals surface area contributed by atoms with E-state index in [0.29, 0.717) is 12.1 Å². The fourth-order valence-electron chi connectivity index (χ4n) is 1.11. The number of hydrogen-bond acceptors (Lipinski definition) is 4. The van der Waals surface area contributed by atoms with Crippen LogP contribution in [0.1, 0.15) is 10.7 Å². The molecular formula is C9H3F3N2O3. The summed E-state index contributed by atoms with van der Waals surface area (Å²) in [4.78, 5) is 10.4. The van der Waals surface area contributed by atoms with Crippen LogP contribution in [-0.2, 0) is 0 Å². The highest BCUT2D eigenvalue weighted by Gasteiger charge is 2.18. The highest BCUT2D eigenvalue weighted by Crippen LogP contribution is 2.22. The lowest BCUT2D eigenvalue weighted by Crippen LogP contribution is -1.95. The molecule has 0 aliphatic rings. The van der Waals surface area contributed by atoms with Crippen LogP contribution in [0.4, 0.5) is 13.2 Å². The fourth-order valence-corrected chi connectivity index (χ4v) is 1.11. The van der Waals surface area contributed by atoms with Crippen LogP contribution in [0.3, 0.4) is 0 Å². The Kier molecular flexibility index (Phi) is 2.54. The van der Waals surface area contributed by atoms with Gasteiger partial charge in [0, 0.05) is 5.56 Å². The van der Waals surface area contributed by atoms with E-state index in [9.17, 15) is 18.0 Å². The zero-order valence-electron chi connectivity index (χ0n) is 7.95. The molecule has 0 aliphatic carbocycles. The molecule has 0 radical (unpaired) electrons. The lowest BCUT2D eigenvalue weighted by molar-refractivity contribution is 0.0654. The van der Waals surface area contributed by atoms with Crippen molar-refractivity contribution in [1.29, 1.82) is 0 Å². The molecule has 0 spiro atoms. The van der Waals surface area contributed by atoms with Crippen molar-refractivity contribution in [3.8, 4) is 11.5 Å². The minimum absolute atomic E-state index is 0.249. The Bertz CT molecular complexity index is 574. The van der Waals surface area contributed by atoms with Crippen molar-refractivity contribution in [2.24, 2.45) is 0 Å². The first kappa shape index (κ1) is 11.1. The predicted octanol–water partition coefficient (Wildman–Crippen LogP) is 1.85. The summed E-state index contributed by atoms with van der Waals surface area (Å²) in [6.07, 6.45) is 0. The van der Waals surface area contributed by atoms with E-state index in [1.54, 1.807) is 0 Å². The molecule has 0 amide bonds. The molecule has 1 heterocycles. The molecule has 17 heavy (non-hydrogen) atoms. The van der Waals surface area contributed by atoms with E-state index < -0.39 is 35.2 Å². The van der Waals surface area contributed by atoms with Crippen LogP contribution < -0.4 is 0 Å². The normalized spacial score (nSPS) is 10.5. The summed E-state index contributed by atoms with van der Waals surface area (Å²) in [6.45, 7) is 0. The molecule has 0 unspecified atom stereocenters. The van der Waals surface area contributed by atoms with E-state index in [1.807, 2.05) is 0 Å². The van der Waals surface area contributed by atoms with Crippen molar-refractivity contribution in [2.75, 3.05) is 0 Å². The van der Waals surface area contributed by atoms with E-state index in [-0.39, 0.29) is 5.56 Å². The average molecular weight is 244 g/mol. The third-order valence-corrected chi connectivity index (χ3v) is 1.84. The van der Waals surface area contributed by atoms with E-state index >= 15 is 0 Å². The maximum absolute atomic E-state index is 12.9. The van der Waals surface area contributed by atoms with Crippen LogP contribution in [0.25, 0.3) is 11.5 Å². The van der Waals surface area contributed by atoms with Gasteiger partial charge >= 0.3 is 11.9 Å². The van der Waals surface area contributed by atoms with Crippen LogP contribution in [0, 0.1) is 17.5 Å². The van der Waals surface area contributed by atoms with Crippen molar-refractivity contribution in [3.05, 3.63) is 35.5 Å². The van der Waals surface area contributed by atoms with Crippen molar-refractivity contribution in [1.82, 2.24) is 10.2 Å². The number of halogens is 3. The topological polar surface area (TPSA) is 76.2 Å². The monoisotopic (exact) mass is 244 g/mol. The Morgan fingerprint density at radius 2 is 1.76 bits per heavy atom. The smallest absolute Gasteiger partial charge is 0.393 e. The van der Waals surface area contributed by atoms with E-state index in [1.165, 1.54) is 0 Å². The van der Waals surface area contributed by atoms with Crippen LogP contribution in [0.15, 0.2) is 16.5 Å². The predicted molar refractivity (Wildman–Crippen MR) is 46.6 cm³/mol. The van der Waals surface area contributed by atoms with Gasteiger partial charge in [-0.05, 0) is 12.1 Å². The molecule has 1 aromatic heterocycles. The molecule has 0 bridgehead atoms. The summed E-state index contributed by atoms with van der Waals surface area (Å²) >= 11 is 0. The molecular weight excluding hydrogens is 241 g/mol. The number of rotatable bonds is 2. The minimum atomic E-state index is -1.63. The maximum Gasteiger partial charge on any atom is 0.393 e. The van der Waals surface area contributed by atoms with E-state index in [0.717, 1.165) is 0 Å². The lowest BCUT2D eigenvalue weighted by atomic mass is 10.2. The standard InChI is InChI=1S/C9H3F3N2O3/c10-4-1-3(2-5(11)6(4)12)7-13-14-8(17-7)9(15)16/h1-2H,(H,15,16). The molecule has 8 heteroatoms. The number of aromatic carboxylic acids is 1. The molecule has 88 valence electrons. The number of carboxylic acids is 1. The first-order chi connectivity index (χ1) is 7.99. The van der Waals surface area contributed by atoms with Crippen LogP contribution >= 0.6 is 0 Å². The van der Waals surface area contributed by atoms with E-state index in [2.05, 4.69) is 14.6 Å². The Morgan fingerprint density at radius 1 is 1.18 bits per heavy atom. The molecule has 0 aliphatic heterocycles. The summed E-state index contributed by atoms with van der Waals surface area (Å²) in [5, 5.41) is 14.9. The van der Waals surface area contributed by atoms with Gasteiger partial charge in [-0.1, -0.05) is 0 Å². The number of benzene rings is 1. The second kappa shape index (κ2) is 3.89. The average Bonchev–Trinajstić information content (AvgIpc) is 2.74. The molecule has 1 aromatic carbocycles. The van der Waals surface area contributed by atoms with E-state index in [4.69, 9.17) is 5.11 Å². The largest absolute Gasteiger partial charge is 0.474 e. The zero-order valence-corrected chi connectivity index (χ0v) is 7.95. The van der Waals surface area contributed by atoms with Gasteiger partial charge in [-0.2, -0.15) is 0 Å². The third kappa shape index (κ3) is 1.96. The highest BCUT2D eigenvalue weighted by molar-refractivity contribution is 5.82. The van der Waals surface area contributed by atoms with Crippen molar-refractivity contribution >= 4 is 5.97 Å². The Labute approximate surface area is 91.5 Å². The number of aromatic nitrogens is 2. The SMILES string of the molecule is O=C(O)c1nnc(-c2cc(F)c(F)c(F)c2)o1. The van der Waals surface area contributed by atoms with Gasteiger partial charge in [0.15, 0.2) is 17.5 Å². The summed E-state index contributed by atoms with van der Waals surface area (Å²) in [5.41, 5.74) is -0.249. The van der Waals surface area contributed by atoms with Crippen molar-refractivity contribution < 1.29 is 27.5 Å².